The van der Waals surface area contributed by atoms with Crippen molar-refractivity contribution < 1.29 is 13.2 Å². The van der Waals surface area contributed by atoms with Gasteiger partial charge in [-0.05, 0) is 42.8 Å². The lowest BCUT2D eigenvalue weighted by molar-refractivity contribution is 0.102. The number of aromatic nitrogens is 1. The smallest absolute Gasteiger partial charge is 0.256 e. The molecule has 2 N–H and O–H groups in total. The summed E-state index contributed by atoms with van der Waals surface area (Å²) in [5.74, 6) is -0.287. The van der Waals surface area contributed by atoms with Crippen molar-refractivity contribution in [3.8, 4) is 11.3 Å². The maximum atomic E-state index is 13.3. The fraction of sp³-hybridized carbons (Fsp3) is 0.214. The van der Waals surface area contributed by atoms with Crippen molar-refractivity contribution in [2.24, 2.45) is 0 Å². The number of anilines is 1. The first-order chi connectivity index (χ1) is 17.0. The Bertz CT molecular complexity index is 1400. The third kappa shape index (κ3) is 6.12. The van der Waals surface area contributed by atoms with Gasteiger partial charge in [0.25, 0.3) is 5.91 Å². The molecule has 0 saturated carbocycles. The largest absolute Gasteiger partial charge is 0.322 e. The number of benzene rings is 3. The van der Waals surface area contributed by atoms with E-state index in [9.17, 15) is 13.2 Å². The Morgan fingerprint density at radius 3 is 2.31 bits per heavy atom. The summed E-state index contributed by atoms with van der Waals surface area (Å²) in [7, 11) is -3.58. The molecule has 6 nitrogen and oxygen atoms in total. The summed E-state index contributed by atoms with van der Waals surface area (Å²) in [6, 6.07) is 25.2. The van der Waals surface area contributed by atoms with E-state index in [-0.39, 0.29) is 10.8 Å². The van der Waals surface area contributed by atoms with Gasteiger partial charge in [-0.3, -0.25) is 4.79 Å². The van der Waals surface area contributed by atoms with Gasteiger partial charge in [0.2, 0.25) is 10.0 Å². The van der Waals surface area contributed by atoms with Crippen molar-refractivity contribution in [1.29, 1.82) is 0 Å². The molecule has 0 atom stereocenters. The van der Waals surface area contributed by atoms with Gasteiger partial charge in [-0.2, -0.15) is 0 Å². The molecular formula is C28H29N3O3S. The summed E-state index contributed by atoms with van der Waals surface area (Å²) >= 11 is 0. The molecule has 3 aromatic carbocycles. The van der Waals surface area contributed by atoms with E-state index in [4.69, 9.17) is 4.98 Å². The quantitative estimate of drug-likeness (QED) is 0.268. The van der Waals surface area contributed by atoms with Gasteiger partial charge in [-0.25, -0.2) is 18.1 Å². The fourth-order valence-electron chi connectivity index (χ4n) is 3.88. The van der Waals surface area contributed by atoms with Gasteiger partial charge in [0.1, 0.15) is 0 Å². The van der Waals surface area contributed by atoms with Crippen LogP contribution >= 0.6 is 0 Å². The maximum absolute atomic E-state index is 13.3. The molecule has 0 aliphatic heterocycles. The van der Waals surface area contributed by atoms with Crippen molar-refractivity contribution in [1.82, 2.24) is 9.71 Å². The number of para-hydroxylation sites is 1. The van der Waals surface area contributed by atoms with Crippen LogP contribution in [0, 0.1) is 0 Å². The number of nitrogens with one attached hydrogen (secondary N) is 2. The third-order valence-electron chi connectivity index (χ3n) is 5.78. The Morgan fingerprint density at radius 2 is 1.57 bits per heavy atom. The molecular weight excluding hydrogens is 458 g/mol. The van der Waals surface area contributed by atoms with Gasteiger partial charge in [0.05, 0.1) is 21.7 Å². The number of amides is 1. The van der Waals surface area contributed by atoms with Crippen LogP contribution in [0.1, 0.15) is 43.0 Å². The highest BCUT2D eigenvalue weighted by molar-refractivity contribution is 7.89. The number of fused-ring (bicyclic) bond motifs is 1. The number of nitrogens with zero attached hydrogens (tertiary/aromatic N) is 1. The van der Waals surface area contributed by atoms with Crippen molar-refractivity contribution >= 4 is 32.5 Å². The molecule has 0 radical (unpaired) electrons. The van der Waals surface area contributed by atoms with E-state index in [0.717, 1.165) is 42.1 Å². The summed E-state index contributed by atoms with van der Waals surface area (Å²) in [6.07, 6.45) is 4.00. The van der Waals surface area contributed by atoms with Crippen LogP contribution in [-0.2, 0) is 10.0 Å². The van der Waals surface area contributed by atoms with Gasteiger partial charge in [-0.1, -0.05) is 74.7 Å². The second kappa shape index (κ2) is 11.3. The van der Waals surface area contributed by atoms with Gasteiger partial charge in [-0.15, -0.1) is 0 Å². The first-order valence-corrected chi connectivity index (χ1v) is 13.3. The maximum Gasteiger partial charge on any atom is 0.256 e. The summed E-state index contributed by atoms with van der Waals surface area (Å²) in [5.41, 5.74) is 3.37. The van der Waals surface area contributed by atoms with Crippen molar-refractivity contribution in [3.05, 3.63) is 90.5 Å². The van der Waals surface area contributed by atoms with E-state index < -0.39 is 10.0 Å². The second-order valence-electron chi connectivity index (χ2n) is 8.38. The van der Waals surface area contributed by atoms with Gasteiger partial charge < -0.3 is 5.32 Å². The Kier molecular flexibility index (Phi) is 7.90. The van der Waals surface area contributed by atoms with Crippen LogP contribution < -0.4 is 10.0 Å². The number of hydrogen-bond acceptors (Lipinski definition) is 4. The molecule has 0 saturated heterocycles. The van der Waals surface area contributed by atoms with E-state index in [1.807, 2.05) is 54.6 Å². The third-order valence-corrected chi connectivity index (χ3v) is 7.25. The van der Waals surface area contributed by atoms with E-state index >= 15 is 0 Å². The SMILES string of the molecule is CCCCCCNS(=O)(=O)c1ccc(NC(=O)c2cc(-c3ccccc3)nc3ccccc23)cc1. The van der Waals surface area contributed by atoms with E-state index in [0.29, 0.717) is 23.5 Å². The summed E-state index contributed by atoms with van der Waals surface area (Å²) in [6.45, 7) is 2.53. The monoisotopic (exact) mass is 487 g/mol. The molecule has 4 aromatic rings. The molecule has 0 aliphatic carbocycles. The van der Waals surface area contributed by atoms with Gasteiger partial charge in [0.15, 0.2) is 0 Å². The summed E-state index contributed by atoms with van der Waals surface area (Å²) in [4.78, 5) is 18.1. The van der Waals surface area contributed by atoms with Crippen molar-refractivity contribution in [2.75, 3.05) is 11.9 Å². The van der Waals surface area contributed by atoms with Crippen LogP contribution in [-0.4, -0.2) is 25.9 Å². The Labute approximate surface area is 206 Å². The molecule has 0 fully saturated rings. The number of pyridine rings is 1. The Hall–Kier alpha value is -3.55. The molecule has 0 spiro atoms. The molecule has 7 heteroatoms. The van der Waals surface area contributed by atoms with Gasteiger partial charge in [0, 0.05) is 23.2 Å². The average molecular weight is 488 g/mol. The number of carbonyl (C=O) groups excluding carboxylic acids is 1. The first kappa shape index (κ1) is 24.6. The molecule has 1 amide bonds. The number of rotatable bonds is 10. The Balaban J connectivity index is 1.52. The zero-order valence-corrected chi connectivity index (χ0v) is 20.5. The van der Waals surface area contributed by atoms with Crippen LogP contribution in [0.25, 0.3) is 22.2 Å². The summed E-state index contributed by atoms with van der Waals surface area (Å²) in [5, 5.41) is 3.64. The topological polar surface area (TPSA) is 88.2 Å². The highest BCUT2D eigenvalue weighted by Gasteiger charge is 2.16. The van der Waals surface area contributed by atoms with Gasteiger partial charge >= 0.3 is 0 Å². The Morgan fingerprint density at radius 1 is 0.857 bits per heavy atom. The highest BCUT2D eigenvalue weighted by atomic mass is 32.2. The van der Waals surface area contributed by atoms with Crippen molar-refractivity contribution in [3.63, 3.8) is 0 Å². The zero-order valence-electron chi connectivity index (χ0n) is 19.7. The lowest BCUT2D eigenvalue weighted by atomic mass is 10.0. The van der Waals surface area contributed by atoms with Crippen LogP contribution in [0.15, 0.2) is 89.8 Å². The fourth-order valence-corrected chi connectivity index (χ4v) is 4.95. The van der Waals surface area contributed by atoms with Crippen LogP contribution in [0.3, 0.4) is 0 Å². The molecule has 1 heterocycles. The van der Waals surface area contributed by atoms with E-state index in [2.05, 4.69) is 17.0 Å². The molecule has 4 rings (SSSR count). The molecule has 0 bridgehead atoms. The minimum Gasteiger partial charge on any atom is -0.322 e. The van der Waals surface area contributed by atoms with Crippen molar-refractivity contribution in [2.45, 2.75) is 37.5 Å². The molecule has 180 valence electrons. The number of unbranched alkanes of at least 4 members (excludes halogenated alkanes) is 3. The lowest BCUT2D eigenvalue weighted by Crippen LogP contribution is -2.24. The number of carbonyl (C=O) groups is 1. The zero-order chi connectivity index (χ0) is 24.7. The van der Waals surface area contributed by atoms with Crippen LogP contribution in [0.4, 0.5) is 5.69 Å². The predicted octanol–water partition coefficient (Wildman–Crippen LogP) is 6.01. The lowest BCUT2D eigenvalue weighted by Gasteiger charge is -2.11. The minimum absolute atomic E-state index is 0.173. The molecule has 0 unspecified atom stereocenters. The van der Waals surface area contributed by atoms with E-state index in [1.165, 1.54) is 12.1 Å². The predicted molar refractivity (Wildman–Crippen MR) is 141 cm³/mol. The molecule has 1 aromatic heterocycles. The normalized spacial score (nSPS) is 11.5. The summed E-state index contributed by atoms with van der Waals surface area (Å²) < 4.78 is 27.7. The molecule has 0 aliphatic rings. The van der Waals surface area contributed by atoms with Crippen LogP contribution in [0.5, 0.6) is 0 Å². The second-order valence-corrected chi connectivity index (χ2v) is 10.1. The molecule has 35 heavy (non-hydrogen) atoms. The van der Waals surface area contributed by atoms with E-state index in [1.54, 1.807) is 18.2 Å². The first-order valence-electron chi connectivity index (χ1n) is 11.8. The minimum atomic E-state index is -3.58. The number of sulfonamides is 1. The average Bonchev–Trinajstić information content (AvgIpc) is 2.88. The number of hydrogen-bond donors (Lipinski definition) is 2. The highest BCUT2D eigenvalue weighted by Crippen LogP contribution is 2.26. The standard InChI is InChI=1S/C28H29N3O3S/c1-2-3-4-10-19-29-35(33,34)23-17-15-22(16-18-23)30-28(32)25-20-27(21-11-6-5-7-12-21)31-26-14-9-8-13-24(25)26/h5-9,11-18,20,29H,2-4,10,19H2,1H3,(H,30,32). The van der Waals surface area contributed by atoms with Crippen LogP contribution in [0.2, 0.25) is 0 Å².